The predicted molar refractivity (Wildman–Crippen MR) is 56.5 cm³/mol. The fourth-order valence-corrected chi connectivity index (χ4v) is 1.86. The molecule has 2 N–H and O–H groups in total. The van der Waals surface area contributed by atoms with Gasteiger partial charge in [0.05, 0.1) is 6.04 Å². The van der Waals surface area contributed by atoms with E-state index < -0.39 is 0 Å². The van der Waals surface area contributed by atoms with Crippen LogP contribution in [0.25, 0.3) is 0 Å². The van der Waals surface area contributed by atoms with E-state index in [-0.39, 0.29) is 6.04 Å². The van der Waals surface area contributed by atoms with Gasteiger partial charge in [0.2, 0.25) is 0 Å². The van der Waals surface area contributed by atoms with Crippen LogP contribution in [-0.2, 0) is 0 Å². The van der Waals surface area contributed by atoms with Gasteiger partial charge in [-0.15, -0.1) is 6.42 Å². The molecule has 1 rings (SSSR count). The number of terminal acetylenes is 1. The Hall–Kier alpha value is -0.520. The van der Waals surface area contributed by atoms with E-state index in [2.05, 4.69) is 23.5 Å². The molecule has 0 aromatic rings. The topological polar surface area (TPSA) is 24.1 Å². The predicted octanol–water partition coefficient (Wildman–Crippen LogP) is 1.13. The average molecular weight is 180 g/mol. The molecule has 0 amide bonds. The molecular formula is C11H20N2. The third-order valence-corrected chi connectivity index (χ3v) is 2.71. The maximum Gasteiger partial charge on any atom is 0.0660 e. The van der Waals surface area contributed by atoms with Gasteiger partial charge in [-0.3, -0.25) is 5.32 Å². The van der Waals surface area contributed by atoms with Crippen LogP contribution in [-0.4, -0.2) is 24.7 Å². The van der Waals surface area contributed by atoms with Crippen molar-refractivity contribution in [3.05, 3.63) is 0 Å². The second-order valence-electron chi connectivity index (χ2n) is 3.90. The summed E-state index contributed by atoms with van der Waals surface area (Å²) in [6.45, 7) is 5.39. The lowest BCUT2D eigenvalue weighted by Crippen LogP contribution is -2.50. The summed E-state index contributed by atoms with van der Waals surface area (Å²) in [5.74, 6) is 2.70. The molecule has 1 fully saturated rings. The molecule has 0 radical (unpaired) electrons. The van der Waals surface area contributed by atoms with Crippen LogP contribution in [0.2, 0.25) is 0 Å². The fourth-order valence-electron chi connectivity index (χ4n) is 1.86. The zero-order valence-corrected chi connectivity index (χ0v) is 8.64. The quantitative estimate of drug-likeness (QED) is 0.636. The molecule has 0 aliphatic carbocycles. The molecule has 2 heteroatoms. The van der Waals surface area contributed by atoms with Crippen LogP contribution >= 0.6 is 0 Å². The van der Waals surface area contributed by atoms with Gasteiger partial charge in [-0.05, 0) is 33.2 Å². The van der Waals surface area contributed by atoms with Crippen LogP contribution in [0.1, 0.15) is 33.1 Å². The monoisotopic (exact) mass is 180 g/mol. The largest absolute Gasteiger partial charge is 0.312 e. The van der Waals surface area contributed by atoms with E-state index >= 15 is 0 Å². The van der Waals surface area contributed by atoms with Gasteiger partial charge in [-0.25, -0.2) is 0 Å². The van der Waals surface area contributed by atoms with Gasteiger partial charge >= 0.3 is 0 Å². The van der Waals surface area contributed by atoms with Crippen LogP contribution in [0.15, 0.2) is 0 Å². The maximum atomic E-state index is 5.32. The van der Waals surface area contributed by atoms with Gasteiger partial charge in [-0.1, -0.05) is 12.3 Å². The molecule has 0 aromatic heterocycles. The molecule has 0 bridgehead atoms. The molecule has 0 saturated carbocycles. The van der Waals surface area contributed by atoms with Crippen molar-refractivity contribution in [1.82, 2.24) is 10.6 Å². The lowest BCUT2D eigenvalue weighted by Gasteiger charge is -2.30. The normalized spacial score (nSPS) is 27.6. The lowest BCUT2D eigenvalue weighted by molar-refractivity contribution is 0.319. The minimum absolute atomic E-state index is 0.179. The smallest absolute Gasteiger partial charge is 0.0660 e. The van der Waals surface area contributed by atoms with Crippen LogP contribution in [0, 0.1) is 12.3 Å². The Labute approximate surface area is 81.5 Å². The molecule has 3 atom stereocenters. The van der Waals surface area contributed by atoms with Crippen molar-refractivity contribution in [2.24, 2.45) is 0 Å². The van der Waals surface area contributed by atoms with Gasteiger partial charge in [0.15, 0.2) is 0 Å². The Balaban J connectivity index is 2.29. The first kappa shape index (κ1) is 10.6. The van der Waals surface area contributed by atoms with Gasteiger partial charge in [0, 0.05) is 12.1 Å². The molecule has 3 unspecified atom stereocenters. The number of hydrogen-bond acceptors (Lipinski definition) is 2. The Morgan fingerprint density at radius 1 is 1.46 bits per heavy atom. The Morgan fingerprint density at radius 3 is 2.77 bits per heavy atom. The van der Waals surface area contributed by atoms with Crippen molar-refractivity contribution in [2.75, 3.05) is 6.54 Å². The molecule has 2 nitrogen and oxygen atoms in total. The van der Waals surface area contributed by atoms with E-state index in [1.807, 2.05) is 6.92 Å². The van der Waals surface area contributed by atoms with Crippen molar-refractivity contribution in [1.29, 1.82) is 0 Å². The van der Waals surface area contributed by atoms with E-state index in [0.717, 1.165) is 6.54 Å². The van der Waals surface area contributed by atoms with E-state index in [1.54, 1.807) is 0 Å². The third-order valence-electron chi connectivity index (χ3n) is 2.71. The zero-order valence-electron chi connectivity index (χ0n) is 8.64. The summed E-state index contributed by atoms with van der Waals surface area (Å²) in [6.07, 6.45) is 9.24. The second-order valence-corrected chi connectivity index (χ2v) is 3.90. The Bertz CT molecular complexity index is 177. The average Bonchev–Trinajstić information content (AvgIpc) is 2.19. The first-order valence-corrected chi connectivity index (χ1v) is 5.19. The summed E-state index contributed by atoms with van der Waals surface area (Å²) in [5, 5.41) is 6.92. The van der Waals surface area contributed by atoms with Crippen molar-refractivity contribution >= 4 is 0 Å². The maximum absolute atomic E-state index is 5.32. The number of rotatable bonds is 3. The molecule has 1 aliphatic heterocycles. The summed E-state index contributed by atoms with van der Waals surface area (Å²) in [7, 11) is 0. The van der Waals surface area contributed by atoms with E-state index in [9.17, 15) is 0 Å². The van der Waals surface area contributed by atoms with Crippen molar-refractivity contribution in [2.45, 2.75) is 51.2 Å². The standard InChI is InChI=1S/C11H20N2/c1-4-9(2)13-10(3)11-7-5-6-8-12-11/h1,9-13H,5-8H2,2-3H3. The highest BCUT2D eigenvalue weighted by Gasteiger charge is 2.19. The summed E-state index contributed by atoms with van der Waals surface area (Å²) in [4.78, 5) is 0. The highest BCUT2D eigenvalue weighted by molar-refractivity contribution is 4.98. The first-order valence-electron chi connectivity index (χ1n) is 5.19. The zero-order chi connectivity index (χ0) is 9.68. The van der Waals surface area contributed by atoms with Gasteiger partial charge in [0.25, 0.3) is 0 Å². The van der Waals surface area contributed by atoms with Gasteiger partial charge in [0.1, 0.15) is 0 Å². The third kappa shape index (κ3) is 3.38. The Morgan fingerprint density at radius 2 is 2.23 bits per heavy atom. The minimum atomic E-state index is 0.179. The van der Waals surface area contributed by atoms with Crippen molar-refractivity contribution in [3.8, 4) is 12.3 Å². The van der Waals surface area contributed by atoms with Gasteiger partial charge in [-0.2, -0.15) is 0 Å². The van der Waals surface area contributed by atoms with Crippen LogP contribution in [0.4, 0.5) is 0 Å². The SMILES string of the molecule is C#CC(C)NC(C)C1CCCCN1. The molecule has 1 saturated heterocycles. The first-order chi connectivity index (χ1) is 6.24. The highest BCUT2D eigenvalue weighted by Crippen LogP contribution is 2.10. The molecule has 0 aromatic carbocycles. The fraction of sp³-hybridized carbons (Fsp3) is 0.818. The molecule has 0 spiro atoms. The Kier molecular flexibility index (Phi) is 4.27. The van der Waals surface area contributed by atoms with E-state index in [4.69, 9.17) is 6.42 Å². The molecule has 74 valence electrons. The molecule has 1 heterocycles. The van der Waals surface area contributed by atoms with Crippen LogP contribution in [0.3, 0.4) is 0 Å². The number of nitrogens with one attached hydrogen (secondary N) is 2. The summed E-state index contributed by atoms with van der Waals surface area (Å²) in [5.41, 5.74) is 0. The summed E-state index contributed by atoms with van der Waals surface area (Å²) < 4.78 is 0. The lowest BCUT2D eigenvalue weighted by atomic mass is 9.98. The summed E-state index contributed by atoms with van der Waals surface area (Å²) in [6, 6.07) is 1.26. The van der Waals surface area contributed by atoms with Crippen molar-refractivity contribution in [3.63, 3.8) is 0 Å². The molecule has 1 aliphatic rings. The number of piperidine rings is 1. The number of hydrogen-bond donors (Lipinski definition) is 2. The van der Waals surface area contributed by atoms with E-state index in [1.165, 1.54) is 19.3 Å². The van der Waals surface area contributed by atoms with Crippen molar-refractivity contribution < 1.29 is 0 Å². The van der Waals surface area contributed by atoms with Crippen LogP contribution in [0.5, 0.6) is 0 Å². The second kappa shape index (κ2) is 5.26. The highest BCUT2D eigenvalue weighted by atomic mass is 15.0. The van der Waals surface area contributed by atoms with E-state index in [0.29, 0.717) is 12.1 Å². The minimum Gasteiger partial charge on any atom is -0.312 e. The summed E-state index contributed by atoms with van der Waals surface area (Å²) >= 11 is 0. The van der Waals surface area contributed by atoms with Gasteiger partial charge < -0.3 is 5.32 Å². The molecular weight excluding hydrogens is 160 g/mol. The molecule has 13 heavy (non-hydrogen) atoms. The van der Waals surface area contributed by atoms with Crippen LogP contribution < -0.4 is 10.6 Å².